The van der Waals surface area contributed by atoms with Crippen molar-refractivity contribution in [3.05, 3.63) is 85.8 Å². The summed E-state index contributed by atoms with van der Waals surface area (Å²) < 4.78 is 0. The molecule has 0 aliphatic heterocycles. The molecule has 0 radical (unpaired) electrons. The zero-order valence-electron chi connectivity index (χ0n) is 19.7. The van der Waals surface area contributed by atoms with Gasteiger partial charge in [-0.15, -0.1) is 22.7 Å². The summed E-state index contributed by atoms with van der Waals surface area (Å²) in [5.41, 5.74) is 4.38. The topological polar surface area (TPSA) is 78.3 Å². The van der Waals surface area contributed by atoms with Gasteiger partial charge in [-0.25, -0.2) is 9.97 Å². The van der Waals surface area contributed by atoms with E-state index in [-0.39, 0.29) is 0 Å². The number of aromatic nitrogens is 2. The monoisotopic (exact) mass is 493 g/mol. The summed E-state index contributed by atoms with van der Waals surface area (Å²) in [7, 11) is 0. The minimum atomic E-state index is 0.344. The molecule has 0 saturated carbocycles. The molecular weight excluding hydrogens is 462 g/mol. The summed E-state index contributed by atoms with van der Waals surface area (Å²) in [5.74, 6) is 0.698. The summed E-state index contributed by atoms with van der Waals surface area (Å²) >= 11 is 3.35. The molecule has 2 aromatic heterocycles. The van der Waals surface area contributed by atoms with E-state index in [1.54, 1.807) is 34.8 Å². The van der Waals surface area contributed by atoms with Crippen molar-refractivity contribution in [3.63, 3.8) is 0 Å². The molecule has 178 valence electrons. The Morgan fingerprint density at radius 1 is 0.794 bits per heavy atom. The zero-order valence-corrected chi connectivity index (χ0v) is 21.3. The van der Waals surface area contributed by atoms with Crippen LogP contribution in [0.1, 0.15) is 57.3 Å². The smallest absolute Gasteiger partial charge is 0.182 e. The lowest BCUT2D eigenvalue weighted by atomic mass is 10.0. The van der Waals surface area contributed by atoms with E-state index >= 15 is 0 Å². The first-order chi connectivity index (χ1) is 16.5. The number of benzene rings is 2. The van der Waals surface area contributed by atoms with Crippen LogP contribution in [0.4, 0.5) is 5.13 Å². The number of aryl methyl sites for hydroxylation is 3. The summed E-state index contributed by atoms with van der Waals surface area (Å²) in [5, 5.41) is 25.8. The number of nitrogens with zero attached hydrogens (tertiary/aromatic N) is 2. The van der Waals surface area contributed by atoms with Gasteiger partial charge in [-0.05, 0) is 53.6 Å². The SMILES string of the molecule is CCc1ccc(O)c(Cc2cnc(CCCNc3ncc(Cc4cc(CC)ccc4O)s3)s2)c1. The van der Waals surface area contributed by atoms with E-state index < -0.39 is 0 Å². The van der Waals surface area contributed by atoms with Crippen LogP contribution in [0.3, 0.4) is 0 Å². The Balaban J connectivity index is 1.24. The molecule has 0 saturated heterocycles. The fraction of sp³-hybridized carbons (Fsp3) is 0.333. The molecule has 5 nitrogen and oxygen atoms in total. The van der Waals surface area contributed by atoms with E-state index in [1.165, 1.54) is 16.0 Å². The lowest BCUT2D eigenvalue weighted by Crippen LogP contribution is -2.02. The number of rotatable bonds is 11. The lowest BCUT2D eigenvalue weighted by Gasteiger charge is -2.05. The Morgan fingerprint density at radius 2 is 1.38 bits per heavy atom. The Kier molecular flexibility index (Phi) is 8.19. The highest BCUT2D eigenvalue weighted by Crippen LogP contribution is 2.27. The molecule has 0 fully saturated rings. The standard InChI is InChI=1S/C27H31N3O2S2/c1-3-18-7-9-24(31)20(12-18)14-22-16-29-26(33-22)6-5-11-28-27-30-17-23(34-27)15-21-13-19(4-2)8-10-25(21)32/h7-10,12-13,16-17,31-32H,3-6,11,14-15H2,1-2H3,(H,28,30). The molecule has 0 aliphatic carbocycles. The fourth-order valence-corrected chi connectivity index (χ4v) is 5.68. The molecule has 4 rings (SSSR count). The van der Waals surface area contributed by atoms with Gasteiger partial charge in [0.15, 0.2) is 5.13 Å². The van der Waals surface area contributed by atoms with Gasteiger partial charge in [0.05, 0.1) is 5.01 Å². The summed E-state index contributed by atoms with van der Waals surface area (Å²) in [6, 6.07) is 11.7. The molecule has 0 amide bonds. The normalized spacial score (nSPS) is 11.1. The fourth-order valence-electron chi connectivity index (χ4n) is 3.83. The first kappa shape index (κ1) is 24.2. The molecule has 0 unspecified atom stereocenters. The molecule has 0 atom stereocenters. The van der Waals surface area contributed by atoms with Gasteiger partial charge in [0.2, 0.25) is 0 Å². The van der Waals surface area contributed by atoms with E-state index in [0.717, 1.165) is 58.4 Å². The van der Waals surface area contributed by atoms with Crippen molar-refractivity contribution in [1.82, 2.24) is 9.97 Å². The Morgan fingerprint density at radius 3 is 2.00 bits per heavy atom. The average molecular weight is 494 g/mol. The van der Waals surface area contributed by atoms with E-state index in [2.05, 4.69) is 41.3 Å². The van der Waals surface area contributed by atoms with Crippen LogP contribution >= 0.6 is 22.7 Å². The van der Waals surface area contributed by atoms with Gasteiger partial charge >= 0.3 is 0 Å². The highest BCUT2D eigenvalue weighted by Gasteiger charge is 2.09. The largest absolute Gasteiger partial charge is 0.508 e. The number of phenolic OH excluding ortho intramolecular Hbond substituents is 2. The summed E-state index contributed by atoms with van der Waals surface area (Å²) in [6.45, 7) is 5.07. The van der Waals surface area contributed by atoms with Gasteiger partial charge in [0, 0.05) is 48.0 Å². The Bertz CT molecular complexity index is 1140. The number of thiazole rings is 2. The molecule has 7 heteroatoms. The van der Waals surface area contributed by atoms with Gasteiger partial charge in [0.1, 0.15) is 11.5 Å². The van der Waals surface area contributed by atoms with Gasteiger partial charge in [0.25, 0.3) is 0 Å². The van der Waals surface area contributed by atoms with Gasteiger partial charge in [-0.3, -0.25) is 0 Å². The van der Waals surface area contributed by atoms with Crippen molar-refractivity contribution in [3.8, 4) is 11.5 Å². The second kappa shape index (κ2) is 11.5. The molecule has 0 aliphatic rings. The van der Waals surface area contributed by atoms with Gasteiger partial charge in [-0.2, -0.15) is 0 Å². The van der Waals surface area contributed by atoms with E-state index in [1.807, 2.05) is 24.5 Å². The number of anilines is 1. The third-order valence-corrected chi connectivity index (χ3v) is 7.84. The van der Waals surface area contributed by atoms with Gasteiger partial charge in [-0.1, -0.05) is 38.1 Å². The predicted molar refractivity (Wildman–Crippen MR) is 142 cm³/mol. The maximum atomic E-state index is 10.2. The number of nitrogens with one attached hydrogen (secondary N) is 1. The van der Waals surface area contributed by atoms with Crippen molar-refractivity contribution in [2.75, 3.05) is 11.9 Å². The third kappa shape index (κ3) is 6.36. The van der Waals surface area contributed by atoms with E-state index in [4.69, 9.17) is 0 Å². The molecule has 2 heterocycles. The minimum absolute atomic E-state index is 0.344. The Labute approximate surface area is 209 Å². The zero-order chi connectivity index (χ0) is 23.9. The van der Waals surface area contributed by atoms with Crippen LogP contribution in [0.5, 0.6) is 11.5 Å². The predicted octanol–water partition coefficient (Wildman–Crippen LogP) is 6.36. The van der Waals surface area contributed by atoms with Crippen LogP contribution in [0.2, 0.25) is 0 Å². The molecule has 4 aromatic rings. The summed E-state index contributed by atoms with van der Waals surface area (Å²) in [6.07, 6.45) is 9.03. The van der Waals surface area contributed by atoms with Gasteiger partial charge < -0.3 is 15.5 Å². The van der Waals surface area contributed by atoms with E-state index in [9.17, 15) is 10.2 Å². The highest BCUT2D eigenvalue weighted by molar-refractivity contribution is 7.15. The second-order valence-electron chi connectivity index (χ2n) is 8.37. The van der Waals surface area contributed by atoms with Crippen LogP contribution in [-0.2, 0) is 32.1 Å². The number of hydrogen-bond acceptors (Lipinski definition) is 7. The van der Waals surface area contributed by atoms with Crippen LogP contribution in [0.15, 0.2) is 48.8 Å². The van der Waals surface area contributed by atoms with Crippen molar-refractivity contribution < 1.29 is 10.2 Å². The maximum Gasteiger partial charge on any atom is 0.182 e. The quantitative estimate of drug-likeness (QED) is 0.212. The van der Waals surface area contributed by atoms with Crippen molar-refractivity contribution >= 4 is 27.8 Å². The van der Waals surface area contributed by atoms with Crippen molar-refractivity contribution in [2.45, 2.75) is 52.4 Å². The minimum Gasteiger partial charge on any atom is -0.508 e. The molecule has 2 aromatic carbocycles. The lowest BCUT2D eigenvalue weighted by molar-refractivity contribution is 0.469. The Hall–Kier alpha value is -2.90. The second-order valence-corrected chi connectivity index (χ2v) is 10.7. The number of hydrogen-bond donors (Lipinski definition) is 3. The van der Waals surface area contributed by atoms with Crippen LogP contribution in [-0.4, -0.2) is 26.7 Å². The number of aromatic hydroxyl groups is 2. The van der Waals surface area contributed by atoms with Crippen molar-refractivity contribution in [1.29, 1.82) is 0 Å². The van der Waals surface area contributed by atoms with E-state index in [0.29, 0.717) is 24.3 Å². The molecular formula is C27H31N3O2S2. The average Bonchev–Trinajstić information content (AvgIpc) is 3.49. The molecule has 0 spiro atoms. The molecule has 3 N–H and O–H groups in total. The van der Waals surface area contributed by atoms with Crippen LogP contribution in [0, 0.1) is 0 Å². The number of phenols is 2. The first-order valence-corrected chi connectivity index (χ1v) is 13.4. The maximum absolute atomic E-state index is 10.2. The van der Waals surface area contributed by atoms with Crippen LogP contribution < -0.4 is 5.32 Å². The molecule has 0 bridgehead atoms. The summed E-state index contributed by atoms with van der Waals surface area (Å²) in [4.78, 5) is 11.4. The van der Waals surface area contributed by atoms with Crippen molar-refractivity contribution in [2.24, 2.45) is 0 Å². The third-order valence-electron chi connectivity index (χ3n) is 5.83. The molecule has 34 heavy (non-hydrogen) atoms. The first-order valence-electron chi connectivity index (χ1n) is 11.8. The highest BCUT2D eigenvalue weighted by atomic mass is 32.1. The van der Waals surface area contributed by atoms with Crippen LogP contribution in [0.25, 0.3) is 0 Å².